The largest absolute Gasteiger partial charge is 0.481 e. The van der Waals surface area contributed by atoms with E-state index in [1.807, 2.05) is 0 Å². The number of rotatable bonds is 14. The summed E-state index contributed by atoms with van der Waals surface area (Å²) in [5.41, 5.74) is 25.2. The van der Waals surface area contributed by atoms with Crippen molar-refractivity contribution in [1.82, 2.24) is 5.32 Å². The Hall–Kier alpha value is -4.07. The fraction of sp³-hybridized carbons (Fsp3) is 0.650. The summed E-state index contributed by atoms with van der Waals surface area (Å²) in [5, 5.41) is 58.2. The summed E-state index contributed by atoms with van der Waals surface area (Å²) in [7, 11) is 0. The summed E-state index contributed by atoms with van der Waals surface area (Å²) >= 11 is 0. The number of guanidine groups is 1. The van der Waals surface area contributed by atoms with Gasteiger partial charge in [0.15, 0.2) is 5.96 Å². The van der Waals surface area contributed by atoms with Crippen LogP contribution in [0.3, 0.4) is 0 Å². The molecule has 39 heavy (non-hydrogen) atoms. The Kier molecular flexibility index (Phi) is 26.2. The molecular formula is C20H41N7O12. The molecule has 0 rings (SSSR count). The summed E-state index contributed by atoms with van der Waals surface area (Å²) < 4.78 is 0. The van der Waals surface area contributed by atoms with E-state index in [0.717, 1.165) is 0 Å². The number of nitrogens with two attached hydrogens (primary N) is 5. The molecule has 228 valence electrons. The van der Waals surface area contributed by atoms with E-state index in [-0.39, 0.29) is 24.7 Å². The predicted molar refractivity (Wildman–Crippen MR) is 136 cm³/mol. The molecule has 19 nitrogen and oxygen atoms in total. The van der Waals surface area contributed by atoms with Crippen molar-refractivity contribution in [3.05, 3.63) is 0 Å². The van der Waals surface area contributed by atoms with E-state index in [0.29, 0.717) is 19.4 Å². The molecule has 0 amide bonds. The highest BCUT2D eigenvalue weighted by Crippen LogP contribution is 1.96. The molecule has 0 unspecified atom stereocenters. The van der Waals surface area contributed by atoms with Crippen molar-refractivity contribution in [2.24, 2.45) is 34.6 Å². The average Bonchev–Trinajstić information content (AvgIpc) is 2.79. The van der Waals surface area contributed by atoms with Gasteiger partial charge >= 0.3 is 35.8 Å². The van der Waals surface area contributed by atoms with Crippen molar-refractivity contribution < 1.29 is 59.4 Å². The smallest absolute Gasteiger partial charge is 0.321 e. The minimum Gasteiger partial charge on any atom is -0.481 e. The molecule has 0 aromatic carbocycles. The van der Waals surface area contributed by atoms with Crippen LogP contribution in [-0.4, -0.2) is 103 Å². The molecule has 19 heteroatoms. The van der Waals surface area contributed by atoms with Crippen LogP contribution in [0.25, 0.3) is 0 Å². The summed E-state index contributed by atoms with van der Waals surface area (Å²) in [5.74, 6) is -6.72. The molecule has 0 aromatic rings. The molecule has 4 atom stereocenters. The number of carbonyl (C=O) groups is 6. The molecule has 0 aromatic heterocycles. The van der Waals surface area contributed by atoms with E-state index in [2.05, 4.69) is 5.32 Å². The lowest BCUT2D eigenvalue weighted by atomic mass is 10.1. The van der Waals surface area contributed by atoms with Crippen LogP contribution in [0.4, 0.5) is 0 Å². The van der Waals surface area contributed by atoms with Crippen LogP contribution in [0.2, 0.25) is 0 Å². The Balaban J connectivity index is -0.000000212. The summed E-state index contributed by atoms with van der Waals surface area (Å²) in [6, 6.07) is -3.88. The first-order chi connectivity index (χ1) is 17.7. The van der Waals surface area contributed by atoms with Crippen molar-refractivity contribution in [3.63, 3.8) is 0 Å². The van der Waals surface area contributed by atoms with E-state index in [1.165, 1.54) is 0 Å². The predicted octanol–water partition coefficient (Wildman–Crippen LogP) is -3.15. The number of hydrogen-bond donors (Lipinski definition) is 13. The molecule has 0 radical (unpaired) electrons. The molecule has 0 bridgehead atoms. The molecule has 18 N–H and O–H groups in total. The highest BCUT2D eigenvalue weighted by Gasteiger charge is 2.15. The van der Waals surface area contributed by atoms with E-state index in [9.17, 15) is 28.8 Å². The summed E-state index contributed by atoms with van der Waals surface area (Å²) in [6.45, 7) is 4.04. The lowest BCUT2D eigenvalue weighted by Crippen LogP contribution is -2.34. The van der Waals surface area contributed by atoms with Gasteiger partial charge in [0.2, 0.25) is 0 Å². The average molecular weight is 572 g/mol. The Labute approximate surface area is 223 Å². The van der Waals surface area contributed by atoms with Crippen LogP contribution in [-0.2, 0) is 28.8 Å². The minimum atomic E-state index is -1.29. The summed E-state index contributed by atoms with van der Waals surface area (Å²) in [6.07, 6.45) is 0.218. The minimum absolute atomic E-state index is 0.0208. The Morgan fingerprint density at radius 2 is 1.10 bits per heavy atom. The van der Waals surface area contributed by atoms with Gasteiger partial charge in [0.25, 0.3) is 0 Å². The van der Waals surface area contributed by atoms with Gasteiger partial charge in [0.1, 0.15) is 24.2 Å². The molecule has 0 aliphatic carbocycles. The monoisotopic (exact) mass is 571 g/mol. The van der Waals surface area contributed by atoms with E-state index >= 15 is 0 Å². The Morgan fingerprint density at radius 1 is 0.692 bits per heavy atom. The van der Waals surface area contributed by atoms with Crippen LogP contribution in [0, 0.1) is 11.3 Å². The number of nitrogens with one attached hydrogen (secondary N) is 2. The molecule has 0 spiro atoms. The molecule has 0 aliphatic heterocycles. The Bertz CT molecular complexity index is 795. The Morgan fingerprint density at radius 3 is 1.33 bits per heavy atom. The number of carboxylic acid groups (broad SMARTS) is 6. The van der Waals surface area contributed by atoms with Crippen molar-refractivity contribution in [1.29, 1.82) is 5.41 Å². The number of aliphatic carboxylic acids is 6. The molecule has 0 fully saturated rings. The van der Waals surface area contributed by atoms with Gasteiger partial charge in [-0.2, -0.15) is 0 Å². The van der Waals surface area contributed by atoms with Gasteiger partial charge in [-0.25, -0.2) is 0 Å². The first-order valence-corrected chi connectivity index (χ1v) is 11.1. The standard InChI is InChI=1S/C6H14N4O2.C5H9NO4.C5H11NO2.C4H7NO4/c7-4(5(11)12)2-1-3-10-6(8)9;6-3(5(9)10)1-2-4(7)8;1-3(2)4(6)5(7)8;5-2(4(8)9)1-3(6)7/h4H,1-3,7H2,(H,11,12)(H4,8,9,10);3H,1-2,6H2,(H,7,8)(H,9,10);3-4H,6H2,1-2H3,(H,7,8);2H,1,5H2,(H,6,7)(H,8,9)/t4-;3-;4-;2-/m0000/s1. The second-order valence-corrected chi connectivity index (χ2v) is 7.96. The van der Waals surface area contributed by atoms with Gasteiger partial charge < -0.3 is 64.6 Å². The van der Waals surface area contributed by atoms with Gasteiger partial charge in [0.05, 0.1) is 6.42 Å². The molecule has 0 saturated carbocycles. The highest BCUT2D eigenvalue weighted by atomic mass is 16.4. The lowest BCUT2D eigenvalue weighted by molar-refractivity contribution is -0.144. The van der Waals surface area contributed by atoms with Crippen LogP contribution in [0.5, 0.6) is 0 Å². The molecule has 0 saturated heterocycles. The van der Waals surface area contributed by atoms with Crippen molar-refractivity contribution in [2.75, 3.05) is 6.54 Å². The van der Waals surface area contributed by atoms with Gasteiger partial charge in [-0.05, 0) is 25.2 Å². The van der Waals surface area contributed by atoms with Crippen LogP contribution >= 0.6 is 0 Å². The molecule has 0 aliphatic rings. The zero-order chi connectivity index (χ0) is 31.9. The highest BCUT2D eigenvalue weighted by molar-refractivity contribution is 5.80. The third-order valence-electron chi connectivity index (χ3n) is 4.03. The van der Waals surface area contributed by atoms with Crippen molar-refractivity contribution in [3.8, 4) is 0 Å². The molecular weight excluding hydrogens is 530 g/mol. The quantitative estimate of drug-likeness (QED) is 0.0555. The van der Waals surface area contributed by atoms with E-state index < -0.39 is 66.4 Å². The fourth-order valence-corrected chi connectivity index (χ4v) is 1.63. The first kappa shape index (κ1) is 42.0. The maximum atomic E-state index is 10.2. The van der Waals surface area contributed by atoms with E-state index in [4.69, 9.17) is 64.7 Å². The van der Waals surface area contributed by atoms with Crippen LogP contribution in [0.15, 0.2) is 0 Å². The topological polar surface area (TPSA) is 390 Å². The first-order valence-electron chi connectivity index (χ1n) is 11.1. The second-order valence-electron chi connectivity index (χ2n) is 7.96. The van der Waals surface area contributed by atoms with Gasteiger partial charge in [-0.15, -0.1) is 0 Å². The van der Waals surface area contributed by atoms with Crippen LogP contribution < -0.4 is 34.0 Å². The van der Waals surface area contributed by atoms with Crippen molar-refractivity contribution in [2.45, 2.75) is 70.1 Å². The maximum Gasteiger partial charge on any atom is 0.321 e. The van der Waals surface area contributed by atoms with E-state index in [1.54, 1.807) is 13.8 Å². The summed E-state index contributed by atoms with van der Waals surface area (Å²) in [4.78, 5) is 59.7. The van der Waals surface area contributed by atoms with Crippen LogP contribution in [0.1, 0.15) is 46.0 Å². The normalized spacial score (nSPS) is 12.7. The number of carboxylic acids is 6. The zero-order valence-corrected chi connectivity index (χ0v) is 21.6. The maximum absolute atomic E-state index is 10.2. The number of hydrogen-bond acceptors (Lipinski definition) is 11. The van der Waals surface area contributed by atoms with Gasteiger partial charge in [-0.1, -0.05) is 13.8 Å². The van der Waals surface area contributed by atoms with Gasteiger partial charge in [-0.3, -0.25) is 34.2 Å². The SMILES string of the molecule is CC(C)[C@H](N)C(=O)O.N=C(N)NCCC[C@H](N)C(=O)O.N[C@@H](CC(=O)O)C(=O)O.N[C@@H](CCC(=O)O)C(=O)O. The van der Waals surface area contributed by atoms with Gasteiger partial charge in [0, 0.05) is 13.0 Å². The van der Waals surface area contributed by atoms with Crippen molar-refractivity contribution >= 4 is 41.8 Å². The fourth-order valence-electron chi connectivity index (χ4n) is 1.63. The third kappa shape index (κ3) is 33.9. The molecule has 0 heterocycles. The second kappa shape index (κ2) is 24.3. The lowest BCUT2D eigenvalue weighted by Gasteiger charge is -2.07. The zero-order valence-electron chi connectivity index (χ0n) is 21.6. The third-order valence-corrected chi connectivity index (χ3v) is 4.03.